The Morgan fingerprint density at radius 2 is 1.74 bits per heavy atom. The number of aromatic nitrogens is 6. The zero-order chi connectivity index (χ0) is 43.9. The molecule has 9 atom stereocenters. The standard InChI is InChI=1S/C33H44N10O16P2/c34-19(8-4-5-10-37-33(47)53-13-18-6-2-1-3-7-18)31(45)58-27-22(57-30(26(27)44)43-17-40-25-28(36)38-16-39-29(25)43)15-55-61(51,52)59-20-12-24(42-11-9-23(35)41-32(42)46)56-21(20)14-54-60(48,49)50/h1-3,6-7,9,11,16-17,19-22,24,26-27,30,44H,4-5,8,10,12-15,34H2,(H,37,47)(H,51,52)(H2,35,41,46)(H2,36,38,39)(H2,48,49,50)/t19-,20-,21+,22+,24+,26+,27+,30+/m0/s1. The SMILES string of the molecule is Nc1ccn([C@H]2C[C@H](OP(=O)(O)OC[C@H]3O[C@@H](n4cnc5c(N)ncnc54)[C@H](O)[C@@H]3OC(=O)[C@@H](N)CCCCNC(=O)OCc3ccccc3)[C@@H](COP(=O)(O)O)O2)c(=O)n1. The number of ether oxygens (including phenoxy) is 4. The average Bonchev–Trinajstić information content (AvgIpc) is 3.90. The Balaban J connectivity index is 1.09. The number of unbranched alkanes of at least 4 members (excludes halogenated alkanes) is 1. The number of alkyl carbamates (subject to hydrolysis) is 1. The van der Waals surface area contributed by atoms with Gasteiger partial charge in [0.15, 0.2) is 23.8 Å². The number of fused-ring (bicyclic) bond motifs is 1. The Kier molecular flexibility index (Phi) is 14.8. The van der Waals surface area contributed by atoms with Crippen molar-refractivity contribution < 1.29 is 71.0 Å². The molecule has 0 radical (unpaired) electrons. The Morgan fingerprint density at radius 3 is 2.48 bits per heavy atom. The van der Waals surface area contributed by atoms with Gasteiger partial charge in [0.2, 0.25) is 0 Å². The third kappa shape index (κ3) is 12.1. The van der Waals surface area contributed by atoms with Crippen LogP contribution >= 0.6 is 15.6 Å². The molecule has 5 heterocycles. The fourth-order valence-electron chi connectivity index (χ4n) is 6.40. The lowest BCUT2D eigenvalue weighted by molar-refractivity contribution is -0.158. The Labute approximate surface area is 345 Å². The second kappa shape index (κ2) is 19.8. The maximum absolute atomic E-state index is 13.4. The van der Waals surface area contributed by atoms with Crippen LogP contribution in [0.4, 0.5) is 16.4 Å². The van der Waals surface area contributed by atoms with E-state index in [9.17, 15) is 43.3 Å². The van der Waals surface area contributed by atoms with E-state index in [-0.39, 0.29) is 48.8 Å². The molecule has 1 amide bonds. The summed E-state index contributed by atoms with van der Waals surface area (Å²) in [6.07, 6.45) is -6.64. The van der Waals surface area contributed by atoms with E-state index in [0.717, 1.165) is 16.5 Å². The van der Waals surface area contributed by atoms with Gasteiger partial charge in [0.25, 0.3) is 0 Å². The fourth-order valence-corrected chi connectivity index (χ4v) is 7.70. The number of hydrogen-bond acceptors (Lipinski definition) is 20. The number of benzene rings is 1. The number of rotatable bonds is 19. The highest BCUT2D eigenvalue weighted by Gasteiger charge is 2.50. The van der Waals surface area contributed by atoms with E-state index in [1.54, 1.807) is 0 Å². The highest BCUT2D eigenvalue weighted by atomic mass is 31.2. The van der Waals surface area contributed by atoms with Crippen molar-refractivity contribution in [3.63, 3.8) is 0 Å². The summed E-state index contributed by atoms with van der Waals surface area (Å²) in [7, 11) is -10.2. The Hall–Kier alpha value is -4.95. The second-order valence-corrected chi connectivity index (χ2v) is 16.4. The first-order valence-electron chi connectivity index (χ1n) is 18.5. The summed E-state index contributed by atoms with van der Waals surface area (Å²) in [6.45, 7) is -1.38. The van der Waals surface area contributed by atoms with Gasteiger partial charge in [0.05, 0.1) is 19.5 Å². The summed E-state index contributed by atoms with van der Waals surface area (Å²) >= 11 is 0. The molecule has 2 saturated heterocycles. The third-order valence-electron chi connectivity index (χ3n) is 9.37. The van der Waals surface area contributed by atoms with Gasteiger partial charge in [-0.2, -0.15) is 4.98 Å². The number of esters is 1. The van der Waals surface area contributed by atoms with Gasteiger partial charge in [0, 0.05) is 19.2 Å². The number of nitrogen functional groups attached to an aromatic ring is 2. The van der Waals surface area contributed by atoms with Crippen molar-refractivity contribution in [2.24, 2.45) is 5.73 Å². The Bertz CT molecular complexity index is 2300. The molecular formula is C33H44N10O16P2. The smallest absolute Gasteiger partial charge is 0.455 e. The molecule has 2 fully saturated rings. The molecule has 11 N–H and O–H groups in total. The lowest BCUT2D eigenvalue weighted by Crippen LogP contribution is -2.43. The van der Waals surface area contributed by atoms with Crippen molar-refractivity contribution in [1.29, 1.82) is 0 Å². The molecule has 3 aromatic heterocycles. The molecule has 2 aliphatic rings. The predicted molar refractivity (Wildman–Crippen MR) is 206 cm³/mol. The number of nitrogens with one attached hydrogen (secondary N) is 1. The highest BCUT2D eigenvalue weighted by Crippen LogP contribution is 2.50. The van der Waals surface area contributed by atoms with Crippen LogP contribution < -0.4 is 28.2 Å². The van der Waals surface area contributed by atoms with Crippen LogP contribution in [0.3, 0.4) is 0 Å². The van der Waals surface area contributed by atoms with Crippen molar-refractivity contribution in [1.82, 2.24) is 34.4 Å². The van der Waals surface area contributed by atoms with E-state index in [1.807, 2.05) is 30.3 Å². The van der Waals surface area contributed by atoms with Gasteiger partial charge in [-0.3, -0.25) is 27.5 Å². The van der Waals surface area contributed by atoms with Gasteiger partial charge in [-0.15, -0.1) is 0 Å². The van der Waals surface area contributed by atoms with Gasteiger partial charge in [0.1, 0.15) is 61.0 Å². The molecular weight excluding hydrogens is 854 g/mol. The number of imidazole rings is 1. The minimum Gasteiger partial charge on any atom is -0.455 e. The van der Waals surface area contributed by atoms with Crippen molar-refractivity contribution in [3.8, 4) is 0 Å². The third-order valence-corrected chi connectivity index (χ3v) is 10.9. The topological polar surface area (TPSA) is 382 Å². The first kappa shape index (κ1) is 45.6. The molecule has 0 aliphatic carbocycles. The van der Waals surface area contributed by atoms with Gasteiger partial charge in [-0.1, -0.05) is 30.3 Å². The number of amides is 1. The average molecular weight is 899 g/mol. The summed E-state index contributed by atoms with van der Waals surface area (Å²) in [6, 6.07) is 9.18. The number of carbonyl (C=O) groups is 2. The van der Waals surface area contributed by atoms with Gasteiger partial charge in [-0.05, 0) is 30.9 Å². The maximum atomic E-state index is 13.4. The summed E-state index contributed by atoms with van der Waals surface area (Å²) in [5, 5.41) is 14.1. The summed E-state index contributed by atoms with van der Waals surface area (Å²) in [5.74, 6) is -1.05. The molecule has 28 heteroatoms. The zero-order valence-electron chi connectivity index (χ0n) is 32.0. The number of nitrogens with zero attached hydrogens (tertiary/aromatic N) is 6. The molecule has 0 spiro atoms. The normalized spacial score (nSPS) is 24.3. The van der Waals surface area contributed by atoms with Crippen LogP contribution in [0.15, 0.2) is 60.0 Å². The summed E-state index contributed by atoms with van der Waals surface area (Å²) in [4.78, 5) is 83.0. The molecule has 0 saturated carbocycles. The number of hydrogen-bond donors (Lipinski definition) is 8. The molecule has 6 rings (SSSR count). The van der Waals surface area contributed by atoms with Crippen LogP contribution in [-0.4, -0.2) is 117 Å². The van der Waals surface area contributed by atoms with Crippen molar-refractivity contribution in [3.05, 3.63) is 71.3 Å². The number of nitrogens with two attached hydrogens (primary N) is 3. The molecule has 332 valence electrons. The van der Waals surface area contributed by atoms with E-state index in [1.165, 1.54) is 23.2 Å². The minimum atomic E-state index is -5.18. The van der Waals surface area contributed by atoms with Gasteiger partial charge in [-0.25, -0.2) is 33.7 Å². The van der Waals surface area contributed by atoms with E-state index in [2.05, 4.69) is 29.8 Å². The monoisotopic (exact) mass is 898 g/mol. The predicted octanol–water partition coefficient (Wildman–Crippen LogP) is -0.259. The lowest BCUT2D eigenvalue weighted by atomic mass is 10.1. The minimum absolute atomic E-state index is 0.0166. The molecule has 2 aliphatic heterocycles. The number of carbonyl (C=O) groups excluding carboxylic acids is 2. The lowest BCUT2D eigenvalue weighted by Gasteiger charge is -2.24. The highest BCUT2D eigenvalue weighted by molar-refractivity contribution is 7.47. The van der Waals surface area contributed by atoms with Gasteiger partial charge >= 0.3 is 33.4 Å². The van der Waals surface area contributed by atoms with Gasteiger partial charge < -0.3 is 61.3 Å². The Morgan fingerprint density at radius 1 is 0.984 bits per heavy atom. The number of aliphatic hydroxyl groups is 1. The molecule has 4 aromatic rings. The zero-order valence-corrected chi connectivity index (χ0v) is 33.8. The van der Waals surface area contributed by atoms with Crippen LogP contribution in [0.5, 0.6) is 0 Å². The van der Waals surface area contributed by atoms with Crippen molar-refractivity contribution in [2.75, 3.05) is 31.2 Å². The molecule has 61 heavy (non-hydrogen) atoms. The van der Waals surface area contributed by atoms with E-state index >= 15 is 0 Å². The molecule has 26 nitrogen and oxygen atoms in total. The quantitative estimate of drug-likeness (QED) is 0.0341. The molecule has 0 bridgehead atoms. The number of phosphoric acid groups is 2. The van der Waals surface area contributed by atoms with E-state index < -0.39 is 95.6 Å². The van der Waals surface area contributed by atoms with Crippen LogP contribution in [0.1, 0.15) is 43.7 Å². The fraction of sp³-hybridized carbons (Fsp3) is 0.485. The summed E-state index contributed by atoms with van der Waals surface area (Å²) in [5.41, 5.74) is 17.9. The van der Waals surface area contributed by atoms with Crippen molar-refractivity contribution in [2.45, 2.75) is 81.3 Å². The molecule has 1 unspecified atom stereocenters. The number of anilines is 2. The number of aliphatic hydroxyl groups excluding tert-OH is 1. The van der Waals surface area contributed by atoms with Crippen LogP contribution in [0, 0.1) is 0 Å². The van der Waals surface area contributed by atoms with E-state index in [0.29, 0.717) is 12.8 Å². The second-order valence-electron chi connectivity index (χ2n) is 13.7. The maximum Gasteiger partial charge on any atom is 0.472 e. The largest absolute Gasteiger partial charge is 0.472 e. The van der Waals surface area contributed by atoms with Crippen LogP contribution in [0.2, 0.25) is 0 Å². The number of phosphoric ester groups is 2. The first-order chi connectivity index (χ1) is 29.0. The van der Waals surface area contributed by atoms with Crippen molar-refractivity contribution >= 4 is 50.5 Å². The van der Waals surface area contributed by atoms with Crippen LogP contribution in [-0.2, 0) is 53.1 Å². The van der Waals surface area contributed by atoms with E-state index in [4.69, 9.17) is 45.2 Å². The first-order valence-corrected chi connectivity index (χ1v) is 21.5. The van der Waals surface area contributed by atoms with Crippen LogP contribution in [0.25, 0.3) is 11.2 Å². The summed E-state index contributed by atoms with van der Waals surface area (Å²) < 4.78 is 64.8. The molecule has 1 aromatic carbocycles.